The summed E-state index contributed by atoms with van der Waals surface area (Å²) in [5, 5.41) is 11.9. The van der Waals surface area contributed by atoms with E-state index in [0.717, 1.165) is 16.0 Å². The van der Waals surface area contributed by atoms with Crippen LogP contribution >= 0.6 is 0 Å². The monoisotopic (exact) mass is 363 g/mol. The van der Waals surface area contributed by atoms with Crippen LogP contribution in [0.1, 0.15) is 5.56 Å². The number of hydrogen-bond acceptors (Lipinski definition) is 6. The van der Waals surface area contributed by atoms with Gasteiger partial charge in [-0.2, -0.15) is 0 Å². The summed E-state index contributed by atoms with van der Waals surface area (Å²) in [5.41, 5.74) is 4.06. The van der Waals surface area contributed by atoms with Gasteiger partial charge in [0.1, 0.15) is 11.2 Å². The summed E-state index contributed by atoms with van der Waals surface area (Å²) >= 11 is 0. The number of carbonyl (C=O) groups is 2. The van der Waals surface area contributed by atoms with Gasteiger partial charge in [-0.25, -0.2) is 4.98 Å². The van der Waals surface area contributed by atoms with E-state index < -0.39 is 11.8 Å². The molecule has 7 nitrogen and oxygen atoms in total. The summed E-state index contributed by atoms with van der Waals surface area (Å²) in [5.74, 6) is -0.395. The van der Waals surface area contributed by atoms with Crippen molar-refractivity contribution in [2.75, 3.05) is 18.5 Å². The Balaban J connectivity index is 1.59. The van der Waals surface area contributed by atoms with E-state index in [1.807, 2.05) is 31.2 Å². The number of hydrogen-bond donors (Lipinski definition) is 2. The lowest BCUT2D eigenvalue weighted by molar-refractivity contribution is -0.137. The van der Waals surface area contributed by atoms with Crippen LogP contribution in [0.2, 0.25) is 0 Å². The third kappa shape index (κ3) is 3.20. The van der Waals surface area contributed by atoms with Gasteiger partial charge in [-0.3, -0.25) is 14.5 Å². The number of aromatic nitrogens is 1. The van der Waals surface area contributed by atoms with Crippen LogP contribution < -0.4 is 5.32 Å². The highest BCUT2D eigenvalue weighted by atomic mass is 16.3. The second-order valence-electron chi connectivity index (χ2n) is 6.27. The van der Waals surface area contributed by atoms with E-state index in [1.165, 1.54) is 6.08 Å². The Labute approximate surface area is 154 Å². The first-order chi connectivity index (χ1) is 13.0. The molecule has 2 aromatic carbocycles. The molecule has 1 aliphatic heterocycles. The maximum atomic E-state index is 12.2. The smallest absolute Gasteiger partial charge is 0.277 e. The molecule has 4 rings (SSSR count). The van der Waals surface area contributed by atoms with E-state index in [2.05, 4.69) is 10.3 Å². The fraction of sp³-hybridized carbons (Fsp3) is 0.150. The number of rotatable bonds is 5. The number of β-amino-alcohol motifs (C(OH)–C–C–N with tert-alkyl or cyclic N) is 1. The number of nitrogens with zero attached hydrogens (tertiary/aromatic N) is 2. The van der Waals surface area contributed by atoms with Crippen molar-refractivity contribution in [2.45, 2.75) is 6.92 Å². The van der Waals surface area contributed by atoms with Crippen LogP contribution in [0.5, 0.6) is 0 Å². The minimum Gasteiger partial charge on any atom is -0.436 e. The van der Waals surface area contributed by atoms with E-state index in [4.69, 9.17) is 9.52 Å². The molecule has 0 radical (unpaired) electrons. The SMILES string of the molecule is Cc1ccc(-c2nc3ccc(NC4=CC(=O)N(CCO)C4=O)cc3o2)cc1. The molecule has 0 atom stereocenters. The number of fused-ring (bicyclic) bond motifs is 1. The van der Waals surface area contributed by atoms with Crippen LogP contribution in [-0.2, 0) is 9.59 Å². The zero-order valence-electron chi connectivity index (χ0n) is 14.6. The Bertz CT molecular complexity index is 1070. The minimum atomic E-state index is -0.466. The molecule has 0 unspecified atom stereocenters. The summed E-state index contributed by atoms with van der Waals surface area (Å²) in [6, 6.07) is 13.1. The molecule has 0 saturated heterocycles. The van der Waals surface area contributed by atoms with Crippen LogP contribution in [0.3, 0.4) is 0 Å². The van der Waals surface area contributed by atoms with Crippen LogP contribution in [-0.4, -0.2) is 40.0 Å². The number of aliphatic hydroxyl groups excluding tert-OH is 1. The first-order valence-corrected chi connectivity index (χ1v) is 8.48. The predicted octanol–water partition coefficient (Wildman–Crippen LogP) is 2.46. The predicted molar refractivity (Wildman–Crippen MR) is 99.7 cm³/mol. The molecule has 136 valence electrons. The third-order valence-corrected chi connectivity index (χ3v) is 4.30. The second kappa shape index (κ2) is 6.69. The summed E-state index contributed by atoms with van der Waals surface area (Å²) in [4.78, 5) is 29.5. The lowest BCUT2D eigenvalue weighted by Gasteiger charge is -2.13. The van der Waals surface area contributed by atoms with Crippen molar-refractivity contribution < 1.29 is 19.1 Å². The Morgan fingerprint density at radius 3 is 2.67 bits per heavy atom. The van der Waals surface area contributed by atoms with Crippen LogP contribution in [0, 0.1) is 6.92 Å². The van der Waals surface area contributed by atoms with Gasteiger partial charge >= 0.3 is 0 Å². The molecule has 0 spiro atoms. The highest BCUT2D eigenvalue weighted by molar-refractivity contribution is 6.17. The van der Waals surface area contributed by atoms with E-state index in [9.17, 15) is 9.59 Å². The normalized spacial score (nSPS) is 14.1. The van der Waals surface area contributed by atoms with Crippen LogP contribution in [0.15, 0.2) is 58.7 Å². The van der Waals surface area contributed by atoms with Gasteiger partial charge in [0.15, 0.2) is 5.58 Å². The standard InChI is InChI=1S/C20H17N3O4/c1-12-2-4-13(5-3-12)19-22-15-7-6-14(10-17(15)27-19)21-16-11-18(25)23(8-9-24)20(16)26/h2-7,10-11,21,24H,8-9H2,1H3. The number of benzene rings is 2. The van der Waals surface area contributed by atoms with Crippen molar-refractivity contribution in [3.05, 3.63) is 59.8 Å². The lowest BCUT2D eigenvalue weighted by atomic mass is 10.1. The van der Waals surface area contributed by atoms with Gasteiger partial charge in [0.2, 0.25) is 5.89 Å². The molecule has 0 bridgehead atoms. The number of amides is 2. The van der Waals surface area contributed by atoms with Crippen molar-refractivity contribution in [1.82, 2.24) is 9.88 Å². The molecule has 1 aliphatic rings. The number of carbonyl (C=O) groups excluding carboxylic acids is 2. The zero-order chi connectivity index (χ0) is 19.0. The first kappa shape index (κ1) is 17.0. The molecule has 0 aliphatic carbocycles. The Morgan fingerprint density at radius 1 is 1.15 bits per heavy atom. The van der Waals surface area contributed by atoms with Crippen molar-refractivity contribution in [3.63, 3.8) is 0 Å². The molecule has 3 aromatic rings. The van der Waals surface area contributed by atoms with Gasteiger partial charge in [0, 0.05) is 23.4 Å². The average molecular weight is 363 g/mol. The highest BCUT2D eigenvalue weighted by Crippen LogP contribution is 2.27. The van der Waals surface area contributed by atoms with Gasteiger partial charge in [-0.1, -0.05) is 17.7 Å². The van der Waals surface area contributed by atoms with E-state index >= 15 is 0 Å². The maximum Gasteiger partial charge on any atom is 0.277 e. The number of nitrogens with one attached hydrogen (secondary N) is 1. The Kier molecular flexibility index (Phi) is 4.21. The number of aliphatic hydroxyl groups is 1. The molecule has 2 amide bonds. The molecule has 1 aromatic heterocycles. The molecule has 7 heteroatoms. The molecular formula is C20H17N3O4. The summed E-state index contributed by atoms with van der Waals surface area (Å²) < 4.78 is 5.84. The van der Waals surface area contributed by atoms with Gasteiger partial charge in [-0.05, 0) is 31.2 Å². The van der Waals surface area contributed by atoms with Crippen LogP contribution in [0.4, 0.5) is 5.69 Å². The molecule has 2 N–H and O–H groups in total. The lowest BCUT2D eigenvalue weighted by Crippen LogP contribution is -2.34. The van der Waals surface area contributed by atoms with Gasteiger partial charge < -0.3 is 14.8 Å². The van der Waals surface area contributed by atoms with E-state index in [1.54, 1.807) is 18.2 Å². The van der Waals surface area contributed by atoms with Gasteiger partial charge in [-0.15, -0.1) is 0 Å². The Morgan fingerprint density at radius 2 is 1.93 bits per heavy atom. The number of imide groups is 1. The maximum absolute atomic E-state index is 12.2. The number of oxazole rings is 1. The minimum absolute atomic E-state index is 0.0274. The molecular weight excluding hydrogens is 346 g/mol. The van der Waals surface area contributed by atoms with E-state index in [-0.39, 0.29) is 18.8 Å². The van der Waals surface area contributed by atoms with Gasteiger partial charge in [0.05, 0.1) is 13.2 Å². The van der Waals surface area contributed by atoms with Crippen molar-refractivity contribution >= 4 is 28.6 Å². The first-order valence-electron chi connectivity index (χ1n) is 8.48. The topological polar surface area (TPSA) is 95.7 Å². The fourth-order valence-corrected chi connectivity index (χ4v) is 2.89. The highest BCUT2D eigenvalue weighted by Gasteiger charge is 2.30. The van der Waals surface area contributed by atoms with Gasteiger partial charge in [0.25, 0.3) is 11.8 Å². The fourth-order valence-electron chi connectivity index (χ4n) is 2.89. The quantitative estimate of drug-likeness (QED) is 0.676. The number of anilines is 1. The number of aryl methyl sites for hydroxylation is 1. The van der Waals surface area contributed by atoms with E-state index in [0.29, 0.717) is 22.7 Å². The Hall–Kier alpha value is -3.45. The zero-order valence-corrected chi connectivity index (χ0v) is 14.6. The molecule has 27 heavy (non-hydrogen) atoms. The average Bonchev–Trinajstić information content (AvgIpc) is 3.19. The van der Waals surface area contributed by atoms with Crippen molar-refractivity contribution in [2.24, 2.45) is 0 Å². The molecule has 0 saturated carbocycles. The van der Waals surface area contributed by atoms with Crippen LogP contribution in [0.25, 0.3) is 22.6 Å². The van der Waals surface area contributed by atoms with Crippen molar-refractivity contribution in [3.8, 4) is 11.5 Å². The summed E-state index contributed by atoms with van der Waals surface area (Å²) in [6.07, 6.45) is 1.22. The molecule has 0 fully saturated rings. The second-order valence-corrected chi connectivity index (χ2v) is 6.27. The van der Waals surface area contributed by atoms with Crippen molar-refractivity contribution in [1.29, 1.82) is 0 Å². The summed E-state index contributed by atoms with van der Waals surface area (Å²) in [7, 11) is 0. The third-order valence-electron chi connectivity index (χ3n) is 4.30. The summed E-state index contributed by atoms with van der Waals surface area (Å²) in [6.45, 7) is 1.71. The molecule has 2 heterocycles. The largest absolute Gasteiger partial charge is 0.436 e.